The Morgan fingerprint density at radius 2 is 1.80 bits per heavy atom. The Bertz CT molecular complexity index is 1240. The summed E-state index contributed by atoms with van der Waals surface area (Å²) >= 11 is 5.38. The monoisotopic (exact) mass is 493 g/mol. The zero-order valence-corrected chi connectivity index (χ0v) is 21.3. The number of para-hydroxylation sites is 1. The van der Waals surface area contributed by atoms with E-state index in [2.05, 4.69) is 17.1 Å². The Morgan fingerprint density at radius 1 is 1.06 bits per heavy atom. The van der Waals surface area contributed by atoms with Crippen molar-refractivity contribution in [1.29, 1.82) is 0 Å². The number of ether oxygens (including phenoxy) is 1. The molecule has 1 saturated heterocycles. The molecule has 0 atom stereocenters. The molecule has 1 aliphatic heterocycles. The summed E-state index contributed by atoms with van der Waals surface area (Å²) in [5, 5.41) is 0.656. The zero-order chi connectivity index (χ0) is 24.6. The number of fused-ring (bicyclic) bond motifs is 1. The highest BCUT2D eigenvalue weighted by Crippen LogP contribution is 2.24. The second kappa shape index (κ2) is 12.2. The number of H-pyrrole nitrogens is 1. The van der Waals surface area contributed by atoms with Crippen LogP contribution in [0.15, 0.2) is 53.3 Å². The molecule has 35 heavy (non-hydrogen) atoms. The third-order valence-electron chi connectivity index (χ3n) is 7.13. The lowest BCUT2D eigenvalue weighted by Gasteiger charge is -2.32. The molecule has 0 spiro atoms. The van der Waals surface area contributed by atoms with E-state index in [1.54, 1.807) is 11.7 Å². The topological polar surface area (TPSA) is 67.3 Å². The molecule has 0 saturated carbocycles. The predicted octanol–water partition coefficient (Wildman–Crippen LogP) is 5.50. The fourth-order valence-corrected chi connectivity index (χ4v) is 5.20. The number of aryl methyl sites for hydroxylation is 1. The molecule has 0 aliphatic carbocycles. The van der Waals surface area contributed by atoms with Crippen LogP contribution in [0, 0.1) is 10.7 Å². The smallest absolute Gasteiger partial charge is 0.262 e. The van der Waals surface area contributed by atoms with E-state index in [0.29, 0.717) is 29.0 Å². The van der Waals surface area contributed by atoms with E-state index in [4.69, 9.17) is 17.0 Å². The van der Waals surface area contributed by atoms with E-state index < -0.39 is 0 Å². The molecule has 1 fully saturated rings. The predicted molar refractivity (Wildman–Crippen MR) is 142 cm³/mol. The summed E-state index contributed by atoms with van der Waals surface area (Å²) < 4.78 is 7.32. The average molecular weight is 494 g/mol. The summed E-state index contributed by atoms with van der Waals surface area (Å²) in [5.74, 6) is 1.84. The minimum atomic E-state index is -0.0460. The van der Waals surface area contributed by atoms with Crippen LogP contribution in [-0.2, 0) is 17.8 Å². The van der Waals surface area contributed by atoms with Gasteiger partial charge in [-0.2, -0.15) is 0 Å². The Morgan fingerprint density at radius 3 is 2.54 bits per heavy atom. The molecule has 1 amide bonds. The van der Waals surface area contributed by atoms with Crippen molar-refractivity contribution in [1.82, 2.24) is 14.5 Å². The quantitative estimate of drug-likeness (QED) is 0.299. The van der Waals surface area contributed by atoms with Gasteiger partial charge >= 0.3 is 0 Å². The normalized spacial score (nSPS) is 14.4. The maximum Gasteiger partial charge on any atom is 0.262 e. The number of unbranched alkanes of at least 4 members (excludes halogenated alkanes) is 2. The van der Waals surface area contributed by atoms with Crippen LogP contribution in [0.25, 0.3) is 10.9 Å². The number of carbonyl (C=O) groups excluding carboxylic acids is 1. The van der Waals surface area contributed by atoms with Crippen LogP contribution in [-0.4, -0.2) is 40.6 Å². The van der Waals surface area contributed by atoms with Crippen LogP contribution >= 0.6 is 12.2 Å². The number of amides is 1. The van der Waals surface area contributed by atoms with Gasteiger partial charge in [0.25, 0.3) is 5.56 Å². The first-order chi connectivity index (χ1) is 17.0. The Kier molecular flexibility index (Phi) is 8.74. The van der Waals surface area contributed by atoms with E-state index in [0.717, 1.165) is 62.9 Å². The highest BCUT2D eigenvalue weighted by atomic mass is 32.1. The van der Waals surface area contributed by atoms with Crippen molar-refractivity contribution in [3.8, 4) is 5.75 Å². The number of aromatic nitrogens is 2. The SMILES string of the molecule is COc1ccc(CCC2CCN(C(=O)CCCCCn3c(=S)[nH]c4ccccc4c3=O)CC2)cc1. The maximum atomic E-state index is 12.7. The lowest BCUT2D eigenvalue weighted by atomic mass is 9.90. The molecule has 1 aliphatic rings. The van der Waals surface area contributed by atoms with E-state index in [1.165, 1.54) is 12.0 Å². The first kappa shape index (κ1) is 25.2. The molecule has 1 N–H and O–H groups in total. The highest BCUT2D eigenvalue weighted by molar-refractivity contribution is 7.71. The van der Waals surface area contributed by atoms with Gasteiger partial charge in [0.15, 0.2) is 4.77 Å². The fraction of sp³-hybridized carbons (Fsp3) is 0.464. The van der Waals surface area contributed by atoms with Crippen LogP contribution in [0.2, 0.25) is 0 Å². The molecule has 1 aromatic heterocycles. The molecule has 0 unspecified atom stereocenters. The number of methoxy groups -OCH3 is 1. The third kappa shape index (κ3) is 6.60. The number of hydrogen-bond acceptors (Lipinski definition) is 4. The van der Waals surface area contributed by atoms with Crippen molar-refractivity contribution < 1.29 is 9.53 Å². The number of rotatable bonds is 10. The molecule has 4 rings (SSSR count). The Balaban J connectivity index is 1.14. The minimum absolute atomic E-state index is 0.0460. The number of nitrogens with zero attached hydrogens (tertiary/aromatic N) is 2. The van der Waals surface area contributed by atoms with Gasteiger partial charge in [-0.15, -0.1) is 0 Å². The van der Waals surface area contributed by atoms with Gasteiger partial charge in [-0.25, -0.2) is 0 Å². The number of benzene rings is 2. The van der Waals surface area contributed by atoms with Gasteiger partial charge in [0.2, 0.25) is 5.91 Å². The first-order valence-electron chi connectivity index (χ1n) is 12.7. The lowest BCUT2D eigenvalue weighted by molar-refractivity contribution is -0.132. The van der Waals surface area contributed by atoms with Gasteiger partial charge in [0.05, 0.1) is 18.0 Å². The van der Waals surface area contributed by atoms with E-state index >= 15 is 0 Å². The summed E-state index contributed by atoms with van der Waals surface area (Å²) in [6, 6.07) is 15.8. The summed E-state index contributed by atoms with van der Waals surface area (Å²) in [6.45, 7) is 2.31. The van der Waals surface area contributed by atoms with Gasteiger partial charge in [-0.05, 0) is 86.5 Å². The number of hydrogen-bond donors (Lipinski definition) is 1. The van der Waals surface area contributed by atoms with Crippen molar-refractivity contribution in [3.63, 3.8) is 0 Å². The fourth-order valence-electron chi connectivity index (χ4n) is 4.92. The molecular formula is C28H35N3O3S. The van der Waals surface area contributed by atoms with Crippen molar-refractivity contribution in [2.24, 2.45) is 5.92 Å². The molecule has 0 bridgehead atoms. The van der Waals surface area contributed by atoms with Gasteiger partial charge in [-0.1, -0.05) is 30.7 Å². The number of likely N-dealkylation sites (tertiary alicyclic amines) is 1. The van der Waals surface area contributed by atoms with E-state index in [9.17, 15) is 9.59 Å². The molecule has 0 radical (unpaired) electrons. The molecule has 186 valence electrons. The lowest BCUT2D eigenvalue weighted by Crippen LogP contribution is -2.38. The first-order valence-corrected chi connectivity index (χ1v) is 13.1. The van der Waals surface area contributed by atoms with Gasteiger partial charge in [-0.3, -0.25) is 14.2 Å². The van der Waals surface area contributed by atoms with Crippen molar-refractivity contribution in [2.75, 3.05) is 20.2 Å². The molecular weight excluding hydrogens is 458 g/mol. The maximum absolute atomic E-state index is 12.7. The largest absolute Gasteiger partial charge is 0.497 e. The van der Waals surface area contributed by atoms with Gasteiger partial charge < -0.3 is 14.6 Å². The van der Waals surface area contributed by atoms with Crippen LogP contribution in [0.4, 0.5) is 0 Å². The standard InChI is InChI=1S/C28H35N3O3S/c1-34-23-14-12-21(13-15-23)10-11-22-16-19-30(20-17-22)26(32)9-3-2-6-18-31-27(33)24-7-4-5-8-25(24)29-28(31)35/h4-5,7-8,12-15,22H,2-3,6,9-11,16-20H2,1H3,(H,29,35). The third-order valence-corrected chi connectivity index (χ3v) is 7.45. The molecule has 2 heterocycles. The zero-order valence-electron chi connectivity index (χ0n) is 20.5. The van der Waals surface area contributed by atoms with Crippen molar-refractivity contribution in [3.05, 3.63) is 69.2 Å². The molecule has 6 nitrogen and oxygen atoms in total. The van der Waals surface area contributed by atoms with Crippen LogP contribution in [0.5, 0.6) is 5.75 Å². The summed E-state index contributed by atoms with van der Waals surface area (Å²) in [6.07, 6.45) is 7.58. The van der Waals surface area contributed by atoms with Gasteiger partial charge in [0, 0.05) is 26.1 Å². The van der Waals surface area contributed by atoms with Crippen molar-refractivity contribution >= 4 is 29.0 Å². The Hall–Kier alpha value is -2.93. The number of aromatic amines is 1. The van der Waals surface area contributed by atoms with Crippen molar-refractivity contribution in [2.45, 2.75) is 57.9 Å². The molecule has 2 aromatic carbocycles. The minimum Gasteiger partial charge on any atom is -0.497 e. The summed E-state index contributed by atoms with van der Waals surface area (Å²) in [4.78, 5) is 30.6. The van der Waals surface area contributed by atoms with Crippen LogP contribution in [0.1, 0.15) is 50.5 Å². The van der Waals surface area contributed by atoms with Crippen LogP contribution in [0.3, 0.4) is 0 Å². The van der Waals surface area contributed by atoms with E-state index in [1.807, 2.05) is 41.3 Å². The summed E-state index contributed by atoms with van der Waals surface area (Å²) in [5.41, 5.74) is 2.07. The van der Waals surface area contributed by atoms with Crippen LogP contribution < -0.4 is 10.3 Å². The number of nitrogens with one attached hydrogen (secondary N) is 1. The average Bonchev–Trinajstić information content (AvgIpc) is 2.89. The molecule has 3 aromatic rings. The second-order valence-electron chi connectivity index (χ2n) is 9.45. The van der Waals surface area contributed by atoms with E-state index in [-0.39, 0.29) is 11.5 Å². The summed E-state index contributed by atoms with van der Waals surface area (Å²) in [7, 11) is 1.69. The van der Waals surface area contributed by atoms with Gasteiger partial charge in [0.1, 0.15) is 5.75 Å². The number of piperidine rings is 1. The number of carbonyl (C=O) groups is 1. The highest BCUT2D eigenvalue weighted by Gasteiger charge is 2.22. The molecule has 7 heteroatoms. The Labute approximate surface area is 211 Å². The second-order valence-corrected chi connectivity index (χ2v) is 9.84.